The Morgan fingerprint density at radius 1 is 1.39 bits per heavy atom. The van der Waals surface area contributed by atoms with Gasteiger partial charge in [0.05, 0.1) is 6.10 Å². The minimum atomic E-state index is -0.148. The van der Waals surface area contributed by atoms with Crippen molar-refractivity contribution in [3.05, 3.63) is 28.7 Å². The summed E-state index contributed by atoms with van der Waals surface area (Å²) in [6, 6.07) is 7.60. The molecule has 0 saturated heterocycles. The fraction of sp³-hybridized carbons (Fsp3) is 0.467. The van der Waals surface area contributed by atoms with Crippen molar-refractivity contribution in [2.45, 2.75) is 32.9 Å². The van der Waals surface area contributed by atoms with Crippen molar-refractivity contribution in [3.63, 3.8) is 0 Å². The van der Waals surface area contributed by atoms with Crippen LogP contribution in [-0.4, -0.2) is 45.4 Å². The van der Waals surface area contributed by atoms with Crippen molar-refractivity contribution in [1.82, 2.24) is 25.5 Å². The van der Waals surface area contributed by atoms with E-state index >= 15 is 0 Å². The molecule has 0 aliphatic rings. The number of hydrogen-bond acceptors (Lipinski definition) is 5. The molecule has 0 radical (unpaired) electrons. The molecule has 1 aromatic carbocycles. The van der Waals surface area contributed by atoms with Crippen LogP contribution in [0.2, 0.25) is 0 Å². The van der Waals surface area contributed by atoms with Gasteiger partial charge in [0.15, 0.2) is 0 Å². The van der Waals surface area contributed by atoms with Gasteiger partial charge in [-0.25, -0.2) is 0 Å². The third kappa shape index (κ3) is 5.72. The van der Waals surface area contributed by atoms with Crippen LogP contribution in [0.3, 0.4) is 0 Å². The van der Waals surface area contributed by atoms with E-state index in [0.717, 1.165) is 16.5 Å². The van der Waals surface area contributed by atoms with Gasteiger partial charge < -0.3 is 10.1 Å². The number of rotatable bonds is 8. The Morgan fingerprint density at radius 3 is 2.91 bits per heavy atom. The minimum Gasteiger partial charge on any atom is -0.379 e. The molecule has 0 aliphatic carbocycles. The molecule has 7 nitrogen and oxygen atoms in total. The summed E-state index contributed by atoms with van der Waals surface area (Å²) in [6.45, 7) is 5.21. The molecule has 1 N–H and O–H groups in total. The van der Waals surface area contributed by atoms with Crippen LogP contribution >= 0.6 is 15.9 Å². The van der Waals surface area contributed by atoms with E-state index < -0.39 is 0 Å². The zero-order chi connectivity index (χ0) is 16.7. The number of tetrazole rings is 1. The Labute approximate surface area is 143 Å². The number of benzene rings is 1. The molecular weight excluding hydrogens is 362 g/mol. The van der Waals surface area contributed by atoms with Crippen molar-refractivity contribution in [3.8, 4) is 11.4 Å². The van der Waals surface area contributed by atoms with Gasteiger partial charge in [-0.1, -0.05) is 28.1 Å². The summed E-state index contributed by atoms with van der Waals surface area (Å²) < 4.78 is 6.29. The summed E-state index contributed by atoms with van der Waals surface area (Å²) in [4.78, 5) is 13.1. The number of amides is 1. The molecule has 0 unspecified atom stereocenters. The number of aromatic nitrogens is 4. The second-order valence-corrected chi connectivity index (χ2v) is 6.10. The van der Waals surface area contributed by atoms with Crippen molar-refractivity contribution < 1.29 is 9.53 Å². The highest BCUT2D eigenvalue weighted by Gasteiger charge is 2.11. The normalized spacial score (nSPS) is 11.0. The third-order valence-corrected chi connectivity index (χ3v) is 3.64. The molecule has 0 saturated carbocycles. The predicted molar refractivity (Wildman–Crippen MR) is 89.7 cm³/mol. The number of carbonyl (C=O) groups is 1. The molecule has 1 heterocycles. The van der Waals surface area contributed by atoms with E-state index in [2.05, 4.69) is 36.7 Å². The Balaban J connectivity index is 1.80. The first-order valence-electron chi connectivity index (χ1n) is 7.47. The van der Waals surface area contributed by atoms with E-state index in [-0.39, 0.29) is 18.6 Å². The first kappa shape index (κ1) is 17.6. The molecule has 0 fully saturated rings. The van der Waals surface area contributed by atoms with Gasteiger partial charge in [-0.15, -0.1) is 10.2 Å². The second-order valence-electron chi connectivity index (χ2n) is 5.25. The van der Waals surface area contributed by atoms with Gasteiger partial charge in [0.1, 0.15) is 6.54 Å². The molecule has 23 heavy (non-hydrogen) atoms. The largest absolute Gasteiger partial charge is 0.379 e. The van der Waals surface area contributed by atoms with Crippen LogP contribution in [0.1, 0.15) is 20.3 Å². The number of hydrogen-bond donors (Lipinski definition) is 1. The summed E-state index contributed by atoms with van der Waals surface area (Å²) in [6.07, 6.45) is 0.984. The van der Waals surface area contributed by atoms with Crippen molar-refractivity contribution in [2.75, 3.05) is 13.2 Å². The lowest BCUT2D eigenvalue weighted by molar-refractivity contribution is -0.122. The SMILES string of the molecule is CC(C)OCCCNC(=O)Cn1nnc(-c2ccccc2Br)n1. The topological polar surface area (TPSA) is 81.9 Å². The summed E-state index contributed by atoms with van der Waals surface area (Å²) in [7, 11) is 0. The van der Waals surface area contributed by atoms with Crippen LogP contribution in [0.5, 0.6) is 0 Å². The average molecular weight is 382 g/mol. The van der Waals surface area contributed by atoms with Crippen LogP contribution in [0.15, 0.2) is 28.7 Å². The van der Waals surface area contributed by atoms with E-state index in [0.29, 0.717) is 19.0 Å². The summed E-state index contributed by atoms with van der Waals surface area (Å²) in [5.41, 5.74) is 0.838. The maximum atomic E-state index is 11.8. The Kier molecular flexibility index (Phi) is 6.66. The highest BCUT2D eigenvalue weighted by molar-refractivity contribution is 9.10. The molecule has 1 amide bonds. The van der Waals surface area contributed by atoms with Crippen LogP contribution in [0.25, 0.3) is 11.4 Å². The Morgan fingerprint density at radius 2 is 2.17 bits per heavy atom. The number of halogens is 1. The lowest BCUT2D eigenvalue weighted by Gasteiger charge is -2.07. The number of carbonyl (C=O) groups excluding carboxylic acids is 1. The third-order valence-electron chi connectivity index (χ3n) is 2.95. The number of nitrogens with zero attached hydrogens (tertiary/aromatic N) is 4. The molecule has 0 aliphatic heterocycles. The van der Waals surface area contributed by atoms with Crippen LogP contribution in [-0.2, 0) is 16.1 Å². The number of ether oxygens (including phenoxy) is 1. The molecule has 124 valence electrons. The van der Waals surface area contributed by atoms with Gasteiger partial charge in [-0.05, 0) is 37.6 Å². The first-order chi connectivity index (χ1) is 11.1. The maximum absolute atomic E-state index is 11.8. The van der Waals surface area contributed by atoms with Crippen molar-refractivity contribution >= 4 is 21.8 Å². The maximum Gasteiger partial charge on any atom is 0.243 e. The van der Waals surface area contributed by atoms with Crippen molar-refractivity contribution in [2.24, 2.45) is 0 Å². The van der Waals surface area contributed by atoms with Gasteiger partial charge >= 0.3 is 0 Å². The van der Waals surface area contributed by atoms with Crippen LogP contribution in [0.4, 0.5) is 0 Å². The van der Waals surface area contributed by atoms with E-state index in [1.165, 1.54) is 4.80 Å². The van der Waals surface area contributed by atoms with E-state index in [1.807, 2.05) is 38.1 Å². The lowest BCUT2D eigenvalue weighted by Crippen LogP contribution is -2.30. The molecule has 2 aromatic rings. The van der Waals surface area contributed by atoms with E-state index in [1.54, 1.807) is 0 Å². The quantitative estimate of drug-likeness (QED) is 0.707. The number of nitrogens with one attached hydrogen (secondary N) is 1. The van der Waals surface area contributed by atoms with Gasteiger partial charge in [-0.3, -0.25) is 4.79 Å². The molecule has 0 spiro atoms. The monoisotopic (exact) mass is 381 g/mol. The van der Waals surface area contributed by atoms with Gasteiger partial charge in [0.25, 0.3) is 0 Å². The van der Waals surface area contributed by atoms with Crippen LogP contribution < -0.4 is 5.32 Å². The fourth-order valence-corrected chi connectivity index (χ4v) is 2.33. The summed E-state index contributed by atoms with van der Waals surface area (Å²) in [5, 5.41) is 14.9. The van der Waals surface area contributed by atoms with E-state index in [4.69, 9.17) is 4.74 Å². The fourth-order valence-electron chi connectivity index (χ4n) is 1.86. The lowest BCUT2D eigenvalue weighted by atomic mass is 10.2. The molecule has 1 aromatic heterocycles. The smallest absolute Gasteiger partial charge is 0.243 e. The predicted octanol–water partition coefficient (Wildman–Crippen LogP) is 2.03. The molecule has 0 atom stereocenters. The highest BCUT2D eigenvalue weighted by Crippen LogP contribution is 2.23. The zero-order valence-electron chi connectivity index (χ0n) is 13.2. The molecular formula is C15H20BrN5O2. The molecule has 2 rings (SSSR count). The van der Waals surface area contributed by atoms with Gasteiger partial charge in [0, 0.05) is 23.2 Å². The van der Waals surface area contributed by atoms with Gasteiger partial charge in [-0.2, -0.15) is 4.80 Å². The average Bonchev–Trinajstić information content (AvgIpc) is 2.95. The Bertz CT molecular complexity index is 644. The van der Waals surface area contributed by atoms with Gasteiger partial charge in [0.2, 0.25) is 11.7 Å². The standard InChI is InChI=1S/C15H20BrN5O2/c1-11(2)23-9-5-8-17-14(22)10-21-19-15(18-20-21)12-6-3-4-7-13(12)16/h3-4,6-7,11H,5,8-10H2,1-2H3,(H,17,22). The van der Waals surface area contributed by atoms with Crippen LogP contribution in [0, 0.1) is 0 Å². The summed E-state index contributed by atoms with van der Waals surface area (Å²) in [5.74, 6) is 0.334. The first-order valence-corrected chi connectivity index (χ1v) is 8.26. The highest BCUT2D eigenvalue weighted by atomic mass is 79.9. The zero-order valence-corrected chi connectivity index (χ0v) is 14.8. The Hall–Kier alpha value is -1.80. The van der Waals surface area contributed by atoms with E-state index in [9.17, 15) is 4.79 Å². The molecule has 8 heteroatoms. The minimum absolute atomic E-state index is 0.0441. The van der Waals surface area contributed by atoms with Crippen molar-refractivity contribution in [1.29, 1.82) is 0 Å². The molecule has 0 bridgehead atoms. The summed E-state index contributed by atoms with van der Waals surface area (Å²) >= 11 is 3.44. The second kappa shape index (κ2) is 8.73.